The Morgan fingerprint density at radius 1 is 1.06 bits per heavy atom. The minimum atomic E-state index is -1.15. The molecule has 0 radical (unpaired) electrons. The van der Waals surface area contributed by atoms with Crippen LogP contribution in [0.15, 0.2) is 60.7 Å². The van der Waals surface area contributed by atoms with Crippen molar-refractivity contribution in [3.05, 3.63) is 66.2 Å². The summed E-state index contributed by atoms with van der Waals surface area (Å²) in [6.07, 6.45) is -4.98. The number of carbonyl (C=O) groups excluding carboxylic acids is 1. The lowest BCUT2D eigenvalue weighted by Crippen LogP contribution is -2.68. The van der Waals surface area contributed by atoms with Gasteiger partial charge >= 0.3 is 5.97 Å². The van der Waals surface area contributed by atoms with E-state index in [9.17, 15) is 14.7 Å². The predicted octanol–water partition coefficient (Wildman–Crippen LogP) is 2.27. The molecule has 0 aliphatic carbocycles. The molecule has 2 heterocycles. The molecule has 2 saturated heterocycles. The number of rotatable bonds is 7. The number of para-hydroxylation sites is 1. The fourth-order valence-corrected chi connectivity index (χ4v) is 3.93. The van der Waals surface area contributed by atoms with Crippen molar-refractivity contribution >= 4 is 11.9 Å². The third kappa shape index (κ3) is 5.51. The molecule has 1 amide bonds. The highest BCUT2D eigenvalue weighted by atomic mass is 16.8. The molecule has 2 aliphatic heterocycles. The van der Waals surface area contributed by atoms with E-state index in [0.717, 1.165) is 5.56 Å². The highest BCUT2D eigenvalue weighted by Crippen LogP contribution is 2.36. The number of amides is 1. The minimum Gasteiger partial charge on any atom is -0.479 e. The largest absolute Gasteiger partial charge is 0.479 e. The average Bonchev–Trinajstić information content (AvgIpc) is 2.81. The van der Waals surface area contributed by atoms with Gasteiger partial charge in [0.25, 0.3) is 0 Å². The monoisotopic (exact) mass is 457 g/mol. The van der Waals surface area contributed by atoms with Gasteiger partial charge in [-0.1, -0.05) is 48.5 Å². The first-order chi connectivity index (χ1) is 15.9. The fourth-order valence-electron chi connectivity index (χ4n) is 3.93. The van der Waals surface area contributed by atoms with Crippen LogP contribution in [-0.4, -0.2) is 60.3 Å². The van der Waals surface area contributed by atoms with Crippen molar-refractivity contribution < 1.29 is 38.4 Å². The Labute approximate surface area is 191 Å². The fraction of sp³-hybridized carbons (Fsp3) is 0.417. The summed E-state index contributed by atoms with van der Waals surface area (Å²) < 4.78 is 30.2. The lowest BCUT2D eigenvalue weighted by Gasteiger charge is -2.49. The maximum Gasteiger partial charge on any atom is 0.332 e. The van der Waals surface area contributed by atoms with Gasteiger partial charge in [0.05, 0.1) is 6.61 Å². The second kappa shape index (κ2) is 10.3. The molecule has 2 N–H and O–H groups in total. The summed E-state index contributed by atoms with van der Waals surface area (Å²) in [6, 6.07) is 17.5. The zero-order chi connectivity index (χ0) is 23.4. The van der Waals surface area contributed by atoms with Crippen LogP contribution in [0.3, 0.4) is 0 Å². The van der Waals surface area contributed by atoms with E-state index >= 15 is 0 Å². The molecule has 0 spiro atoms. The number of hydrogen-bond donors (Lipinski definition) is 2. The summed E-state index contributed by atoms with van der Waals surface area (Å²) in [7, 11) is 0. The first kappa shape index (κ1) is 23.2. The first-order valence-corrected chi connectivity index (χ1v) is 10.8. The van der Waals surface area contributed by atoms with E-state index < -0.39 is 49.0 Å². The molecule has 2 aliphatic rings. The predicted molar refractivity (Wildman–Crippen MR) is 115 cm³/mol. The zero-order valence-corrected chi connectivity index (χ0v) is 18.3. The third-order valence-corrected chi connectivity index (χ3v) is 5.49. The summed E-state index contributed by atoms with van der Waals surface area (Å²) in [6.45, 7) is 2.96. The van der Waals surface area contributed by atoms with E-state index in [2.05, 4.69) is 5.32 Å². The molecule has 9 heteroatoms. The van der Waals surface area contributed by atoms with Gasteiger partial charge in [0, 0.05) is 12.5 Å². The van der Waals surface area contributed by atoms with E-state index in [0.29, 0.717) is 5.75 Å². The second-order valence-corrected chi connectivity index (χ2v) is 7.96. The van der Waals surface area contributed by atoms with Gasteiger partial charge < -0.3 is 34.1 Å². The van der Waals surface area contributed by atoms with E-state index in [4.69, 9.17) is 23.7 Å². The van der Waals surface area contributed by atoms with E-state index in [-0.39, 0.29) is 12.5 Å². The second-order valence-electron chi connectivity index (χ2n) is 7.96. The molecule has 9 nitrogen and oxygen atoms in total. The van der Waals surface area contributed by atoms with Crippen LogP contribution in [-0.2, 0) is 28.5 Å². The molecule has 0 saturated carbocycles. The lowest BCUT2D eigenvalue weighted by molar-refractivity contribution is -0.340. The average molecular weight is 457 g/mol. The molecule has 0 bridgehead atoms. The van der Waals surface area contributed by atoms with Crippen LogP contribution in [0.5, 0.6) is 5.75 Å². The maximum atomic E-state index is 12.1. The number of benzene rings is 2. The Kier molecular flexibility index (Phi) is 7.24. The molecule has 176 valence electrons. The molecule has 2 aromatic carbocycles. The van der Waals surface area contributed by atoms with Crippen molar-refractivity contribution in [2.75, 3.05) is 6.61 Å². The zero-order valence-electron chi connectivity index (χ0n) is 18.3. The van der Waals surface area contributed by atoms with Crippen molar-refractivity contribution in [3.8, 4) is 5.75 Å². The van der Waals surface area contributed by atoms with Gasteiger partial charge in [-0.2, -0.15) is 0 Å². The Hall–Kier alpha value is -2.98. The van der Waals surface area contributed by atoms with E-state index in [1.54, 1.807) is 12.1 Å². The number of carboxylic acid groups (broad SMARTS) is 1. The molecular formula is C24H27NO8. The molecule has 7 unspecified atom stereocenters. The highest BCUT2D eigenvalue weighted by molar-refractivity contribution is 5.73. The molecule has 4 rings (SSSR count). The number of fused-ring (bicyclic) bond motifs is 1. The van der Waals surface area contributed by atoms with Gasteiger partial charge in [0.1, 0.15) is 30.1 Å². The molecule has 0 aromatic heterocycles. The van der Waals surface area contributed by atoms with Crippen LogP contribution in [0.25, 0.3) is 0 Å². The van der Waals surface area contributed by atoms with Crippen molar-refractivity contribution in [3.63, 3.8) is 0 Å². The quantitative estimate of drug-likeness (QED) is 0.651. The molecule has 7 atom stereocenters. The van der Waals surface area contributed by atoms with Crippen LogP contribution in [0.2, 0.25) is 0 Å². The summed E-state index contributed by atoms with van der Waals surface area (Å²) in [5.41, 5.74) is 0.805. The van der Waals surface area contributed by atoms with E-state index in [1.807, 2.05) is 48.5 Å². The van der Waals surface area contributed by atoms with Gasteiger partial charge in [-0.15, -0.1) is 0 Å². The third-order valence-electron chi connectivity index (χ3n) is 5.49. The van der Waals surface area contributed by atoms with Gasteiger partial charge in [-0.05, 0) is 19.1 Å². The first-order valence-electron chi connectivity index (χ1n) is 10.8. The van der Waals surface area contributed by atoms with Crippen molar-refractivity contribution in [1.82, 2.24) is 5.32 Å². The van der Waals surface area contributed by atoms with Crippen LogP contribution >= 0.6 is 0 Å². The van der Waals surface area contributed by atoms with Crippen LogP contribution in [0, 0.1) is 0 Å². The number of carbonyl (C=O) groups is 2. The smallest absolute Gasteiger partial charge is 0.332 e. The summed E-state index contributed by atoms with van der Waals surface area (Å²) in [5, 5.41) is 12.3. The number of nitrogens with one attached hydrogen (secondary N) is 1. The van der Waals surface area contributed by atoms with Crippen molar-refractivity contribution in [2.45, 2.75) is 56.9 Å². The number of ether oxygens (including phenoxy) is 5. The van der Waals surface area contributed by atoms with Crippen LogP contribution in [0.4, 0.5) is 0 Å². The van der Waals surface area contributed by atoms with Gasteiger partial charge in [-0.3, -0.25) is 4.79 Å². The van der Waals surface area contributed by atoms with Gasteiger partial charge in [-0.25, -0.2) is 4.79 Å². The Balaban J connectivity index is 1.64. The van der Waals surface area contributed by atoms with Crippen LogP contribution in [0.1, 0.15) is 25.7 Å². The molecule has 2 fully saturated rings. The molecule has 33 heavy (non-hydrogen) atoms. The Morgan fingerprint density at radius 2 is 1.73 bits per heavy atom. The topological polar surface area (TPSA) is 113 Å². The summed E-state index contributed by atoms with van der Waals surface area (Å²) in [5.74, 6) is -0.945. The SMILES string of the molecule is CC(=O)NC1C(Oc2ccccc2)OC2COC(c3ccccc3)OC2C1OC(C)C(=O)O. The van der Waals surface area contributed by atoms with Crippen molar-refractivity contribution in [2.24, 2.45) is 0 Å². The molecule has 2 aromatic rings. The number of carboxylic acids is 1. The number of aliphatic carboxylic acids is 1. The van der Waals surface area contributed by atoms with Crippen molar-refractivity contribution in [1.29, 1.82) is 0 Å². The lowest BCUT2D eigenvalue weighted by atomic mass is 9.95. The van der Waals surface area contributed by atoms with Gasteiger partial charge in [0.2, 0.25) is 12.2 Å². The van der Waals surface area contributed by atoms with Gasteiger partial charge in [0.15, 0.2) is 12.4 Å². The highest BCUT2D eigenvalue weighted by Gasteiger charge is 2.52. The summed E-state index contributed by atoms with van der Waals surface area (Å²) >= 11 is 0. The number of hydrogen-bond acceptors (Lipinski definition) is 7. The van der Waals surface area contributed by atoms with Crippen LogP contribution < -0.4 is 10.1 Å². The maximum absolute atomic E-state index is 12.1. The standard InChI is InChI=1S/C24H27NO8/c1-14(22(27)28)30-21-19(25-15(2)26)24(31-17-11-7-4-8-12-17)32-18-13-29-23(33-20(18)21)16-9-5-3-6-10-16/h3-12,14,18-21,23-24H,13H2,1-2H3,(H,25,26)(H,27,28). The Morgan fingerprint density at radius 3 is 2.36 bits per heavy atom. The Bertz CT molecular complexity index is 940. The molecular weight excluding hydrogens is 430 g/mol. The van der Waals surface area contributed by atoms with E-state index in [1.165, 1.54) is 13.8 Å². The normalized spacial score (nSPS) is 30.0. The minimum absolute atomic E-state index is 0.174. The summed E-state index contributed by atoms with van der Waals surface area (Å²) in [4.78, 5) is 23.6.